The van der Waals surface area contributed by atoms with E-state index in [1.165, 1.54) is 12.8 Å². The molecule has 0 saturated heterocycles. The molecule has 0 spiro atoms. The third kappa shape index (κ3) is 3.82. The van der Waals surface area contributed by atoms with Gasteiger partial charge in [-0.2, -0.15) is 0 Å². The van der Waals surface area contributed by atoms with Crippen LogP contribution in [0.5, 0.6) is 0 Å². The van der Waals surface area contributed by atoms with Crippen LogP contribution in [-0.4, -0.2) is 29.1 Å². The minimum absolute atomic E-state index is 0.115. The second-order valence-electron chi connectivity index (χ2n) is 5.00. The van der Waals surface area contributed by atoms with Crippen molar-refractivity contribution in [2.24, 2.45) is 5.92 Å². The molecule has 1 aliphatic carbocycles. The monoisotopic (exact) mass is 311 g/mol. The second-order valence-corrected chi connectivity index (χ2v) is 5.91. The Morgan fingerprint density at radius 1 is 1.56 bits per heavy atom. The van der Waals surface area contributed by atoms with E-state index < -0.39 is 5.97 Å². The zero-order valence-electron chi connectivity index (χ0n) is 10.5. The molecule has 2 rings (SSSR count). The van der Waals surface area contributed by atoms with E-state index in [9.17, 15) is 4.79 Å². The number of carbonyl (C=O) groups is 1. The first-order chi connectivity index (χ1) is 8.56. The summed E-state index contributed by atoms with van der Waals surface area (Å²) in [6, 6.07) is 8.23. The number of hydrogen-bond donors (Lipinski definition) is 1. The maximum atomic E-state index is 11.0. The summed E-state index contributed by atoms with van der Waals surface area (Å²) >= 11 is 3.46. The van der Waals surface area contributed by atoms with Crippen LogP contribution in [0.2, 0.25) is 0 Å². The summed E-state index contributed by atoms with van der Waals surface area (Å²) in [5.41, 5.74) is 1.16. The summed E-state index contributed by atoms with van der Waals surface area (Å²) in [5.74, 6) is -0.0588. The zero-order valence-corrected chi connectivity index (χ0v) is 12.1. The third-order valence-electron chi connectivity index (χ3n) is 3.41. The van der Waals surface area contributed by atoms with Crippen molar-refractivity contribution in [3.63, 3.8) is 0 Å². The highest BCUT2D eigenvalue weighted by atomic mass is 79.9. The number of benzene rings is 1. The van der Waals surface area contributed by atoms with Crippen molar-refractivity contribution in [1.29, 1.82) is 0 Å². The van der Waals surface area contributed by atoms with Crippen LogP contribution in [0.15, 0.2) is 28.7 Å². The van der Waals surface area contributed by atoms with Gasteiger partial charge in [-0.15, -0.1) is 0 Å². The van der Waals surface area contributed by atoms with E-state index in [1.807, 2.05) is 12.1 Å². The predicted octanol–water partition coefficient (Wildman–Crippen LogP) is 3.31. The molecule has 98 valence electrons. The van der Waals surface area contributed by atoms with Crippen LogP contribution in [-0.2, 0) is 4.79 Å². The summed E-state index contributed by atoms with van der Waals surface area (Å²) in [6.45, 7) is 3.08. The molecule has 1 atom stereocenters. The Labute approximate surface area is 116 Å². The average molecular weight is 312 g/mol. The highest BCUT2D eigenvalue weighted by molar-refractivity contribution is 9.10. The minimum atomic E-state index is -0.752. The molecule has 1 N–H and O–H groups in total. The molecule has 1 aromatic rings. The molecular formula is C14H18BrNO2. The zero-order chi connectivity index (χ0) is 13.1. The predicted molar refractivity (Wildman–Crippen MR) is 74.5 cm³/mol. The van der Waals surface area contributed by atoms with Gasteiger partial charge in [0.05, 0.1) is 6.54 Å². The summed E-state index contributed by atoms with van der Waals surface area (Å²) in [4.78, 5) is 13.0. The topological polar surface area (TPSA) is 40.5 Å². The Hall–Kier alpha value is -0.870. The number of aliphatic carboxylic acids is 1. The van der Waals surface area contributed by atoms with Gasteiger partial charge in [-0.3, -0.25) is 9.69 Å². The van der Waals surface area contributed by atoms with Gasteiger partial charge in [0, 0.05) is 17.1 Å². The van der Waals surface area contributed by atoms with E-state index in [-0.39, 0.29) is 12.6 Å². The number of halogens is 1. The quantitative estimate of drug-likeness (QED) is 0.876. The molecule has 0 aromatic heterocycles. The van der Waals surface area contributed by atoms with Crippen molar-refractivity contribution in [3.8, 4) is 0 Å². The van der Waals surface area contributed by atoms with Crippen LogP contribution in [0, 0.1) is 5.92 Å². The molecule has 18 heavy (non-hydrogen) atoms. The lowest BCUT2D eigenvalue weighted by Gasteiger charge is -2.28. The van der Waals surface area contributed by atoms with Gasteiger partial charge in [-0.05, 0) is 43.4 Å². The molecule has 1 aromatic carbocycles. The Morgan fingerprint density at radius 3 is 2.83 bits per heavy atom. The lowest BCUT2D eigenvalue weighted by Crippen LogP contribution is -2.34. The summed E-state index contributed by atoms with van der Waals surface area (Å²) in [5, 5.41) is 9.02. The Bertz CT molecular complexity index is 432. The van der Waals surface area contributed by atoms with Crippen molar-refractivity contribution < 1.29 is 9.90 Å². The number of carboxylic acids is 1. The van der Waals surface area contributed by atoms with Crippen molar-refractivity contribution in [2.75, 3.05) is 13.1 Å². The van der Waals surface area contributed by atoms with Crippen LogP contribution in [0.3, 0.4) is 0 Å². The van der Waals surface area contributed by atoms with Crippen LogP contribution < -0.4 is 0 Å². The van der Waals surface area contributed by atoms with Gasteiger partial charge in [-0.25, -0.2) is 0 Å². The summed E-state index contributed by atoms with van der Waals surface area (Å²) < 4.78 is 1.04. The van der Waals surface area contributed by atoms with Crippen LogP contribution in [0.4, 0.5) is 0 Å². The van der Waals surface area contributed by atoms with Gasteiger partial charge in [-0.1, -0.05) is 28.1 Å². The molecule has 1 aliphatic rings. The normalized spacial score (nSPS) is 16.8. The van der Waals surface area contributed by atoms with Crippen LogP contribution in [0.1, 0.15) is 31.4 Å². The van der Waals surface area contributed by atoms with Gasteiger partial charge in [0.25, 0.3) is 0 Å². The van der Waals surface area contributed by atoms with E-state index in [0.717, 1.165) is 16.6 Å². The smallest absolute Gasteiger partial charge is 0.317 e. The molecule has 0 aliphatic heterocycles. The van der Waals surface area contributed by atoms with E-state index in [2.05, 4.69) is 39.9 Å². The molecule has 1 saturated carbocycles. The maximum Gasteiger partial charge on any atom is 0.317 e. The molecule has 0 radical (unpaired) electrons. The molecule has 0 amide bonds. The summed E-state index contributed by atoms with van der Waals surface area (Å²) in [7, 11) is 0. The fourth-order valence-corrected chi connectivity index (χ4v) is 2.56. The van der Waals surface area contributed by atoms with Gasteiger partial charge in [0.1, 0.15) is 0 Å². The first-order valence-electron chi connectivity index (χ1n) is 6.27. The largest absolute Gasteiger partial charge is 0.480 e. The number of nitrogens with zero attached hydrogens (tertiary/aromatic N) is 1. The number of carboxylic acid groups (broad SMARTS) is 1. The fourth-order valence-electron chi connectivity index (χ4n) is 2.14. The van der Waals surface area contributed by atoms with Gasteiger partial charge in [0.2, 0.25) is 0 Å². The van der Waals surface area contributed by atoms with Gasteiger partial charge >= 0.3 is 5.97 Å². The highest BCUT2D eigenvalue weighted by Gasteiger charge is 2.28. The van der Waals surface area contributed by atoms with Crippen LogP contribution in [0.25, 0.3) is 0 Å². The van der Waals surface area contributed by atoms with E-state index >= 15 is 0 Å². The number of rotatable bonds is 6. The van der Waals surface area contributed by atoms with E-state index in [4.69, 9.17) is 5.11 Å². The lowest BCUT2D eigenvalue weighted by atomic mass is 10.1. The highest BCUT2D eigenvalue weighted by Crippen LogP contribution is 2.33. The molecule has 0 bridgehead atoms. The first kappa shape index (κ1) is 13.6. The molecule has 1 unspecified atom stereocenters. The minimum Gasteiger partial charge on any atom is -0.480 e. The Morgan fingerprint density at radius 2 is 2.28 bits per heavy atom. The lowest BCUT2D eigenvalue weighted by molar-refractivity contribution is -0.139. The molecule has 0 heterocycles. The standard InChI is InChI=1S/C14H18BrNO2/c1-10(12-3-2-4-13(15)7-12)16(9-14(17)18)8-11-5-6-11/h2-4,7,10-11H,5-6,8-9H2,1H3,(H,17,18). The second kappa shape index (κ2) is 5.85. The molecule has 4 heteroatoms. The Balaban J connectivity index is 2.10. The van der Waals surface area contributed by atoms with E-state index in [0.29, 0.717) is 5.92 Å². The Kier molecular flexibility index (Phi) is 4.40. The van der Waals surface area contributed by atoms with Gasteiger partial charge < -0.3 is 5.11 Å². The van der Waals surface area contributed by atoms with Crippen molar-refractivity contribution in [3.05, 3.63) is 34.3 Å². The summed E-state index contributed by atoms with van der Waals surface area (Å²) in [6.07, 6.45) is 2.47. The van der Waals surface area contributed by atoms with Crippen molar-refractivity contribution in [1.82, 2.24) is 4.90 Å². The third-order valence-corrected chi connectivity index (χ3v) is 3.90. The first-order valence-corrected chi connectivity index (χ1v) is 7.07. The fraction of sp³-hybridized carbons (Fsp3) is 0.500. The number of hydrogen-bond acceptors (Lipinski definition) is 2. The molecular weight excluding hydrogens is 294 g/mol. The average Bonchev–Trinajstić information content (AvgIpc) is 3.10. The van der Waals surface area contributed by atoms with Crippen molar-refractivity contribution >= 4 is 21.9 Å². The van der Waals surface area contributed by atoms with Crippen LogP contribution >= 0.6 is 15.9 Å². The van der Waals surface area contributed by atoms with Gasteiger partial charge in [0.15, 0.2) is 0 Å². The SMILES string of the molecule is CC(c1cccc(Br)c1)N(CC(=O)O)CC1CC1. The van der Waals surface area contributed by atoms with E-state index in [1.54, 1.807) is 0 Å². The maximum absolute atomic E-state index is 11.0. The molecule has 1 fully saturated rings. The molecule has 3 nitrogen and oxygen atoms in total. The van der Waals surface area contributed by atoms with Crippen molar-refractivity contribution in [2.45, 2.75) is 25.8 Å².